The monoisotopic (exact) mass is 493 g/mol. The van der Waals surface area contributed by atoms with Gasteiger partial charge in [0.15, 0.2) is 0 Å². The van der Waals surface area contributed by atoms with Crippen LogP contribution in [-0.4, -0.2) is 57.8 Å². The van der Waals surface area contributed by atoms with Crippen molar-refractivity contribution in [2.45, 2.75) is 51.4 Å². The third-order valence-electron chi connectivity index (χ3n) is 6.97. The molecule has 4 rings (SSSR count). The molecule has 2 aromatic rings. The molecule has 2 aromatic carbocycles. The number of aliphatic carboxylic acids is 3. The van der Waals surface area contributed by atoms with Crippen LogP contribution in [0.5, 0.6) is 0 Å². The minimum absolute atomic E-state index is 0.316. The lowest BCUT2D eigenvalue weighted by Gasteiger charge is -2.31. The van der Waals surface area contributed by atoms with Gasteiger partial charge >= 0.3 is 17.9 Å². The number of likely N-dealkylation sites (tertiary alicyclic amines) is 1. The van der Waals surface area contributed by atoms with Gasteiger partial charge in [-0.2, -0.15) is 0 Å². The van der Waals surface area contributed by atoms with Crippen molar-refractivity contribution in [3.63, 3.8) is 0 Å². The highest BCUT2D eigenvalue weighted by Gasteiger charge is 2.20. The zero-order valence-electron chi connectivity index (χ0n) is 20.6. The summed E-state index contributed by atoms with van der Waals surface area (Å²) in [7, 11) is 0. The molecule has 1 fully saturated rings. The molecule has 192 valence electrons. The zero-order chi connectivity index (χ0) is 25.9. The fourth-order valence-corrected chi connectivity index (χ4v) is 5.07. The van der Waals surface area contributed by atoms with Gasteiger partial charge < -0.3 is 20.2 Å². The second kappa shape index (κ2) is 13.6. The lowest BCUT2D eigenvalue weighted by Crippen LogP contribution is -2.34. The topological polar surface area (TPSA) is 115 Å². The van der Waals surface area contributed by atoms with Crippen molar-refractivity contribution >= 4 is 23.5 Å². The molecular weight excluding hydrogens is 458 g/mol. The highest BCUT2D eigenvalue weighted by atomic mass is 16.4. The van der Waals surface area contributed by atoms with E-state index in [9.17, 15) is 4.79 Å². The van der Waals surface area contributed by atoms with Gasteiger partial charge in [0.2, 0.25) is 0 Å². The summed E-state index contributed by atoms with van der Waals surface area (Å²) in [5.41, 5.74) is 7.13. The SMILES string of the molecule is O=C(O)C(=O)O.O=C(O)CCCC1CCN(CCC=C2c3ccccc3CCc3ccccc32)CC1. The van der Waals surface area contributed by atoms with Crippen LogP contribution in [0.25, 0.3) is 5.57 Å². The molecule has 0 bridgehead atoms. The highest BCUT2D eigenvalue weighted by molar-refractivity contribution is 6.27. The van der Waals surface area contributed by atoms with Crippen LogP contribution in [0.2, 0.25) is 0 Å². The quantitative estimate of drug-likeness (QED) is 0.478. The summed E-state index contributed by atoms with van der Waals surface area (Å²) in [6.45, 7) is 3.40. The summed E-state index contributed by atoms with van der Waals surface area (Å²) in [4.78, 5) is 31.5. The van der Waals surface area contributed by atoms with Gasteiger partial charge in [-0.25, -0.2) is 9.59 Å². The molecule has 7 nitrogen and oxygen atoms in total. The molecule has 2 aliphatic rings. The van der Waals surface area contributed by atoms with Crippen molar-refractivity contribution < 1.29 is 29.7 Å². The molecule has 0 unspecified atom stereocenters. The predicted octanol–water partition coefficient (Wildman–Crippen LogP) is 4.73. The summed E-state index contributed by atoms with van der Waals surface area (Å²) < 4.78 is 0. The van der Waals surface area contributed by atoms with Gasteiger partial charge in [0, 0.05) is 13.0 Å². The Morgan fingerprint density at radius 2 is 1.36 bits per heavy atom. The maximum Gasteiger partial charge on any atom is 0.414 e. The maximum absolute atomic E-state index is 10.7. The molecule has 0 aromatic heterocycles. The first-order valence-electron chi connectivity index (χ1n) is 12.6. The molecule has 3 N–H and O–H groups in total. The minimum Gasteiger partial charge on any atom is -0.481 e. The fraction of sp³-hybridized carbons (Fsp3) is 0.414. The maximum atomic E-state index is 10.7. The van der Waals surface area contributed by atoms with Crippen molar-refractivity contribution in [2.75, 3.05) is 19.6 Å². The van der Waals surface area contributed by atoms with Gasteiger partial charge in [-0.05, 0) is 91.8 Å². The van der Waals surface area contributed by atoms with Gasteiger partial charge in [0.05, 0.1) is 0 Å². The molecule has 0 saturated carbocycles. The number of hydrogen-bond donors (Lipinski definition) is 3. The predicted molar refractivity (Wildman–Crippen MR) is 138 cm³/mol. The number of hydrogen-bond acceptors (Lipinski definition) is 4. The van der Waals surface area contributed by atoms with E-state index in [1.165, 1.54) is 40.7 Å². The molecular formula is C29H35NO6. The van der Waals surface area contributed by atoms with E-state index in [-0.39, 0.29) is 0 Å². The minimum atomic E-state index is -1.82. The Hall–Kier alpha value is -3.45. The number of nitrogens with zero attached hydrogens (tertiary/aromatic N) is 1. The number of piperidine rings is 1. The second-order valence-electron chi connectivity index (χ2n) is 9.40. The molecule has 1 aliphatic carbocycles. The van der Waals surface area contributed by atoms with Crippen molar-refractivity contribution in [3.05, 3.63) is 76.9 Å². The number of carboxylic acids is 3. The van der Waals surface area contributed by atoms with Crippen molar-refractivity contribution in [3.8, 4) is 0 Å². The van der Waals surface area contributed by atoms with Crippen LogP contribution in [0.4, 0.5) is 0 Å². The van der Waals surface area contributed by atoms with E-state index < -0.39 is 17.9 Å². The summed E-state index contributed by atoms with van der Waals surface area (Å²) in [5, 5.41) is 23.6. The molecule has 7 heteroatoms. The van der Waals surface area contributed by atoms with Crippen LogP contribution in [-0.2, 0) is 27.2 Å². The van der Waals surface area contributed by atoms with Crippen LogP contribution >= 0.6 is 0 Å². The summed E-state index contributed by atoms with van der Waals surface area (Å²) >= 11 is 0. The Balaban J connectivity index is 0.000000538. The smallest absolute Gasteiger partial charge is 0.414 e. The van der Waals surface area contributed by atoms with E-state index in [1.54, 1.807) is 0 Å². The largest absolute Gasteiger partial charge is 0.481 e. The van der Waals surface area contributed by atoms with E-state index in [1.807, 2.05) is 0 Å². The number of benzene rings is 2. The normalized spacial score (nSPS) is 15.5. The average molecular weight is 494 g/mol. The van der Waals surface area contributed by atoms with E-state index in [0.717, 1.165) is 51.7 Å². The Labute approximate surface area is 212 Å². The zero-order valence-corrected chi connectivity index (χ0v) is 20.6. The first-order chi connectivity index (χ1) is 17.3. The Morgan fingerprint density at radius 3 is 1.86 bits per heavy atom. The van der Waals surface area contributed by atoms with Gasteiger partial charge in [-0.1, -0.05) is 54.6 Å². The number of fused-ring (bicyclic) bond motifs is 2. The van der Waals surface area contributed by atoms with Crippen molar-refractivity contribution in [2.24, 2.45) is 5.92 Å². The number of aryl methyl sites for hydroxylation is 2. The number of rotatable bonds is 7. The van der Waals surface area contributed by atoms with E-state index >= 15 is 0 Å². The number of carboxylic acid groups (broad SMARTS) is 3. The first kappa shape index (κ1) is 27.1. The molecule has 0 spiro atoms. The van der Waals surface area contributed by atoms with Crippen LogP contribution in [0.3, 0.4) is 0 Å². The molecule has 1 saturated heterocycles. The van der Waals surface area contributed by atoms with Crippen LogP contribution in [0.15, 0.2) is 54.6 Å². The standard InChI is InChI=1S/C27H33NO2.C2H2O4/c29-27(30)13-5-7-21-16-19-28(20-17-21)18-6-12-26-24-10-3-1-8-22(24)14-15-23-9-2-4-11-25(23)26;3-1(4)2(5)6/h1-4,8-12,21H,5-7,13-20H2,(H,29,30);(H,3,4)(H,5,6). The fourth-order valence-electron chi connectivity index (χ4n) is 5.07. The molecule has 0 radical (unpaired) electrons. The van der Waals surface area contributed by atoms with Crippen LogP contribution in [0.1, 0.15) is 60.8 Å². The molecule has 0 amide bonds. The highest BCUT2D eigenvalue weighted by Crippen LogP contribution is 2.33. The molecule has 36 heavy (non-hydrogen) atoms. The summed E-state index contributed by atoms with van der Waals surface area (Å²) in [5.74, 6) is -3.60. The first-order valence-corrected chi connectivity index (χ1v) is 12.6. The average Bonchev–Trinajstić information content (AvgIpc) is 3.02. The Kier molecular flexibility index (Phi) is 10.2. The van der Waals surface area contributed by atoms with Crippen LogP contribution < -0.4 is 0 Å². The summed E-state index contributed by atoms with van der Waals surface area (Å²) in [6.07, 6.45) is 10.4. The van der Waals surface area contributed by atoms with Crippen LogP contribution in [0, 0.1) is 5.92 Å². The van der Waals surface area contributed by atoms with Gasteiger partial charge in [-0.15, -0.1) is 0 Å². The number of carbonyl (C=O) groups is 3. The summed E-state index contributed by atoms with van der Waals surface area (Å²) in [6, 6.07) is 17.8. The molecule has 0 atom stereocenters. The van der Waals surface area contributed by atoms with Crippen molar-refractivity contribution in [1.29, 1.82) is 0 Å². The van der Waals surface area contributed by atoms with Crippen molar-refractivity contribution in [1.82, 2.24) is 4.90 Å². The molecule has 1 aliphatic heterocycles. The third-order valence-corrected chi connectivity index (χ3v) is 6.97. The lowest BCUT2D eigenvalue weighted by atomic mass is 9.91. The Morgan fingerprint density at radius 1 is 0.833 bits per heavy atom. The van der Waals surface area contributed by atoms with Gasteiger partial charge in [-0.3, -0.25) is 4.79 Å². The van der Waals surface area contributed by atoms with Gasteiger partial charge in [0.25, 0.3) is 0 Å². The van der Waals surface area contributed by atoms with E-state index in [0.29, 0.717) is 12.3 Å². The van der Waals surface area contributed by atoms with E-state index in [2.05, 4.69) is 59.5 Å². The second-order valence-corrected chi connectivity index (χ2v) is 9.40. The Bertz CT molecular complexity index is 1020. The van der Waals surface area contributed by atoms with E-state index in [4.69, 9.17) is 24.9 Å². The molecule has 1 heterocycles. The third kappa shape index (κ3) is 8.05. The lowest BCUT2D eigenvalue weighted by molar-refractivity contribution is -0.159. The van der Waals surface area contributed by atoms with Gasteiger partial charge in [0.1, 0.15) is 0 Å².